The number of nitrogens with one attached hydrogen (secondary N) is 2. The molecule has 1 aromatic rings. The van der Waals surface area contributed by atoms with E-state index in [-0.39, 0.29) is 18.1 Å². The maximum Gasteiger partial charge on any atom is 0.416 e. The van der Waals surface area contributed by atoms with Crippen molar-refractivity contribution in [3.05, 3.63) is 29.8 Å². The molecular formula is C10H11F3N4O2. The molecule has 5 N–H and O–H groups in total. The van der Waals surface area contributed by atoms with Gasteiger partial charge >= 0.3 is 12.2 Å². The highest BCUT2D eigenvalue weighted by Gasteiger charge is 2.30. The zero-order chi connectivity index (χ0) is 14.5. The van der Waals surface area contributed by atoms with Crippen molar-refractivity contribution < 1.29 is 23.2 Å². The molecule has 0 saturated carbocycles. The van der Waals surface area contributed by atoms with Gasteiger partial charge in [0.25, 0.3) is 0 Å². The molecule has 0 fully saturated rings. The minimum Gasteiger partial charge on any atom is -0.409 e. The molecular weight excluding hydrogens is 265 g/mol. The first-order valence-electron chi connectivity index (χ1n) is 5.01. The molecule has 104 valence electrons. The number of anilines is 1. The van der Waals surface area contributed by atoms with Crippen LogP contribution in [0, 0.1) is 0 Å². The standard InChI is InChI=1S/C10H11F3N4O2/c11-10(12,13)6-2-1-3-7(4-6)16-9(18)15-5-8(14)17-19/h1-4,19H,5H2,(H2,14,17)(H2,15,16,18). The van der Waals surface area contributed by atoms with Gasteiger partial charge in [0.05, 0.1) is 12.1 Å². The number of alkyl halides is 3. The van der Waals surface area contributed by atoms with Gasteiger partial charge < -0.3 is 21.6 Å². The molecule has 0 heterocycles. The van der Waals surface area contributed by atoms with E-state index in [0.29, 0.717) is 0 Å². The number of rotatable bonds is 3. The van der Waals surface area contributed by atoms with Crippen LogP contribution >= 0.6 is 0 Å². The third kappa shape index (κ3) is 4.74. The van der Waals surface area contributed by atoms with Crippen LogP contribution in [-0.4, -0.2) is 23.6 Å². The lowest BCUT2D eigenvalue weighted by atomic mass is 10.2. The second-order valence-corrected chi connectivity index (χ2v) is 3.48. The summed E-state index contributed by atoms with van der Waals surface area (Å²) in [4.78, 5) is 11.3. The lowest BCUT2D eigenvalue weighted by Crippen LogP contribution is -2.36. The first kappa shape index (κ1) is 14.6. The number of carbonyl (C=O) groups is 1. The monoisotopic (exact) mass is 276 g/mol. The van der Waals surface area contributed by atoms with Crippen molar-refractivity contribution >= 4 is 17.6 Å². The number of oxime groups is 1. The van der Waals surface area contributed by atoms with Gasteiger partial charge in [-0.2, -0.15) is 13.2 Å². The van der Waals surface area contributed by atoms with Crippen molar-refractivity contribution in [2.45, 2.75) is 6.18 Å². The molecule has 1 rings (SSSR count). The molecule has 0 unspecified atom stereocenters. The SMILES string of the molecule is N/C(CNC(=O)Nc1cccc(C(F)(F)F)c1)=N/O. The average Bonchev–Trinajstić information content (AvgIpc) is 2.35. The highest BCUT2D eigenvalue weighted by atomic mass is 19.4. The Kier molecular flexibility index (Phi) is 4.56. The van der Waals surface area contributed by atoms with Crippen LogP contribution in [0.25, 0.3) is 0 Å². The summed E-state index contributed by atoms with van der Waals surface area (Å²) in [5.41, 5.74) is 4.21. The van der Waals surface area contributed by atoms with Gasteiger partial charge in [-0.3, -0.25) is 0 Å². The number of amidine groups is 1. The van der Waals surface area contributed by atoms with E-state index in [9.17, 15) is 18.0 Å². The fourth-order valence-corrected chi connectivity index (χ4v) is 1.15. The maximum absolute atomic E-state index is 12.4. The van der Waals surface area contributed by atoms with E-state index in [1.165, 1.54) is 12.1 Å². The minimum absolute atomic E-state index is 0.0215. The van der Waals surface area contributed by atoms with Crippen molar-refractivity contribution in [3.63, 3.8) is 0 Å². The van der Waals surface area contributed by atoms with Gasteiger partial charge in [-0.25, -0.2) is 4.79 Å². The number of carbonyl (C=O) groups excluding carboxylic acids is 1. The number of urea groups is 1. The predicted molar refractivity (Wildman–Crippen MR) is 61.9 cm³/mol. The van der Waals surface area contributed by atoms with Crippen LogP contribution in [0.15, 0.2) is 29.4 Å². The molecule has 0 aromatic heterocycles. The van der Waals surface area contributed by atoms with Crippen molar-refractivity contribution in [2.24, 2.45) is 10.9 Å². The summed E-state index contributed by atoms with van der Waals surface area (Å²) in [5, 5.41) is 15.2. The smallest absolute Gasteiger partial charge is 0.409 e. The molecule has 9 heteroatoms. The van der Waals surface area contributed by atoms with E-state index in [1.54, 1.807) is 0 Å². The summed E-state index contributed by atoms with van der Waals surface area (Å²) in [6.45, 7) is -0.235. The van der Waals surface area contributed by atoms with Crippen LogP contribution in [-0.2, 0) is 6.18 Å². The van der Waals surface area contributed by atoms with E-state index < -0.39 is 17.8 Å². The number of hydrogen-bond donors (Lipinski definition) is 4. The van der Waals surface area contributed by atoms with Crippen LogP contribution in [0.2, 0.25) is 0 Å². The second kappa shape index (κ2) is 5.94. The maximum atomic E-state index is 12.4. The fourth-order valence-electron chi connectivity index (χ4n) is 1.15. The number of benzene rings is 1. The van der Waals surface area contributed by atoms with Gasteiger partial charge in [-0.1, -0.05) is 11.2 Å². The number of nitrogens with two attached hydrogens (primary N) is 1. The highest BCUT2D eigenvalue weighted by molar-refractivity contribution is 5.93. The molecule has 0 saturated heterocycles. The molecule has 2 amide bonds. The lowest BCUT2D eigenvalue weighted by Gasteiger charge is -2.10. The molecule has 0 radical (unpaired) electrons. The van der Waals surface area contributed by atoms with Gasteiger partial charge in [-0.15, -0.1) is 0 Å². The zero-order valence-electron chi connectivity index (χ0n) is 9.53. The quantitative estimate of drug-likeness (QED) is 0.292. The Balaban J connectivity index is 2.65. The number of halogens is 3. The molecule has 0 aliphatic heterocycles. The molecule has 19 heavy (non-hydrogen) atoms. The summed E-state index contributed by atoms with van der Waals surface area (Å²) in [5.74, 6) is -0.237. The Labute approximate surface area is 106 Å². The molecule has 0 spiro atoms. The van der Waals surface area contributed by atoms with E-state index >= 15 is 0 Å². The van der Waals surface area contributed by atoms with Crippen molar-refractivity contribution in [3.8, 4) is 0 Å². The van der Waals surface area contributed by atoms with Gasteiger partial charge in [0, 0.05) is 5.69 Å². The predicted octanol–water partition coefficient (Wildman–Crippen LogP) is 1.57. The van der Waals surface area contributed by atoms with Crippen molar-refractivity contribution in [1.82, 2.24) is 5.32 Å². The molecule has 1 aromatic carbocycles. The molecule has 0 bridgehead atoms. The van der Waals surface area contributed by atoms with Crippen molar-refractivity contribution in [1.29, 1.82) is 0 Å². The molecule has 0 atom stereocenters. The molecule has 6 nitrogen and oxygen atoms in total. The third-order valence-electron chi connectivity index (χ3n) is 2.01. The largest absolute Gasteiger partial charge is 0.416 e. The van der Waals surface area contributed by atoms with Crippen LogP contribution in [0.3, 0.4) is 0 Å². The van der Waals surface area contributed by atoms with E-state index in [2.05, 4.69) is 15.8 Å². The molecule has 0 aliphatic carbocycles. The Bertz CT molecular complexity index is 488. The first-order valence-corrected chi connectivity index (χ1v) is 5.01. The first-order chi connectivity index (χ1) is 8.82. The minimum atomic E-state index is -4.48. The summed E-state index contributed by atoms with van der Waals surface area (Å²) in [6.07, 6.45) is -4.48. The van der Waals surface area contributed by atoms with Crippen LogP contribution in [0.5, 0.6) is 0 Å². The van der Waals surface area contributed by atoms with Gasteiger partial charge in [0.1, 0.15) is 0 Å². The number of nitrogens with zero attached hydrogens (tertiary/aromatic N) is 1. The average molecular weight is 276 g/mol. The van der Waals surface area contributed by atoms with Crippen LogP contribution in [0.4, 0.5) is 23.7 Å². The summed E-state index contributed by atoms with van der Waals surface area (Å²) < 4.78 is 37.2. The normalized spacial score (nSPS) is 12.1. The van der Waals surface area contributed by atoms with Gasteiger partial charge in [0.2, 0.25) is 0 Å². The summed E-state index contributed by atoms with van der Waals surface area (Å²) >= 11 is 0. The topological polar surface area (TPSA) is 99.7 Å². The Morgan fingerprint density at radius 3 is 2.68 bits per heavy atom. The van der Waals surface area contributed by atoms with E-state index in [4.69, 9.17) is 10.9 Å². The number of hydrogen-bond acceptors (Lipinski definition) is 3. The van der Waals surface area contributed by atoms with E-state index in [1.807, 2.05) is 0 Å². The second-order valence-electron chi connectivity index (χ2n) is 3.48. The Hall–Kier alpha value is -2.45. The third-order valence-corrected chi connectivity index (χ3v) is 2.01. The van der Waals surface area contributed by atoms with E-state index in [0.717, 1.165) is 12.1 Å². The molecule has 0 aliphatic rings. The Morgan fingerprint density at radius 2 is 2.11 bits per heavy atom. The number of amides is 2. The lowest BCUT2D eigenvalue weighted by molar-refractivity contribution is -0.137. The van der Waals surface area contributed by atoms with Crippen LogP contribution < -0.4 is 16.4 Å². The van der Waals surface area contributed by atoms with Gasteiger partial charge in [-0.05, 0) is 18.2 Å². The van der Waals surface area contributed by atoms with Crippen LogP contribution in [0.1, 0.15) is 5.56 Å². The Morgan fingerprint density at radius 1 is 1.42 bits per heavy atom. The zero-order valence-corrected chi connectivity index (χ0v) is 9.53. The van der Waals surface area contributed by atoms with Crippen molar-refractivity contribution in [2.75, 3.05) is 11.9 Å². The summed E-state index contributed by atoms with van der Waals surface area (Å²) in [7, 11) is 0. The highest BCUT2D eigenvalue weighted by Crippen LogP contribution is 2.30. The van der Waals surface area contributed by atoms with Gasteiger partial charge in [0.15, 0.2) is 5.84 Å². The summed E-state index contributed by atoms with van der Waals surface area (Å²) in [6, 6.07) is 3.38. The fraction of sp³-hybridized carbons (Fsp3) is 0.200.